The molecule has 0 aromatic heterocycles. The summed E-state index contributed by atoms with van der Waals surface area (Å²) in [7, 11) is -2.05. The first kappa shape index (κ1) is 26.3. The average Bonchev–Trinajstić information content (AvgIpc) is 2.76. The van der Waals surface area contributed by atoms with Crippen LogP contribution < -0.4 is 9.62 Å². The smallest absolute Gasteiger partial charge is 0.242 e. The Balaban J connectivity index is 2.15. The van der Waals surface area contributed by atoms with Gasteiger partial charge in [0.15, 0.2) is 0 Å². The molecule has 2 aromatic rings. The van der Waals surface area contributed by atoms with Crippen molar-refractivity contribution in [2.75, 3.05) is 24.2 Å². The van der Waals surface area contributed by atoms with Crippen LogP contribution in [0.4, 0.5) is 10.1 Å². The monoisotopic (exact) mass is 477 g/mol. The van der Waals surface area contributed by atoms with Gasteiger partial charge in [0.25, 0.3) is 0 Å². The number of sulfonamides is 1. The van der Waals surface area contributed by atoms with Gasteiger partial charge >= 0.3 is 0 Å². The minimum absolute atomic E-state index is 0.0550. The topological polar surface area (TPSA) is 86.8 Å². The third-order valence-electron chi connectivity index (χ3n) is 5.61. The molecule has 0 heterocycles. The Bertz CT molecular complexity index is 1090. The first-order valence-corrected chi connectivity index (χ1v) is 12.6. The van der Waals surface area contributed by atoms with Gasteiger partial charge in [-0.1, -0.05) is 18.2 Å². The van der Waals surface area contributed by atoms with E-state index >= 15 is 0 Å². The molecule has 0 saturated heterocycles. The Kier molecular flexibility index (Phi) is 8.99. The number of hydrogen-bond donors (Lipinski definition) is 1. The number of anilines is 1. The summed E-state index contributed by atoms with van der Waals surface area (Å²) in [4.78, 5) is 26.7. The van der Waals surface area contributed by atoms with E-state index in [1.165, 1.54) is 28.4 Å². The van der Waals surface area contributed by atoms with Gasteiger partial charge in [-0.05, 0) is 68.1 Å². The number of halogens is 1. The molecule has 0 fully saturated rings. The summed E-state index contributed by atoms with van der Waals surface area (Å²) in [5.41, 5.74) is 3.27. The number of nitrogens with zero attached hydrogens (tertiary/aromatic N) is 2. The van der Waals surface area contributed by atoms with Gasteiger partial charge in [-0.25, -0.2) is 12.8 Å². The highest BCUT2D eigenvalue weighted by Crippen LogP contribution is 2.22. The van der Waals surface area contributed by atoms with Crippen LogP contribution in [-0.2, 0) is 26.2 Å². The van der Waals surface area contributed by atoms with E-state index in [1.54, 1.807) is 25.1 Å². The number of nitrogens with one attached hydrogen (secondary N) is 1. The predicted molar refractivity (Wildman–Crippen MR) is 128 cm³/mol. The van der Waals surface area contributed by atoms with E-state index in [4.69, 9.17) is 0 Å². The van der Waals surface area contributed by atoms with Crippen molar-refractivity contribution < 1.29 is 22.4 Å². The Morgan fingerprint density at radius 3 is 2.24 bits per heavy atom. The molecule has 9 heteroatoms. The van der Waals surface area contributed by atoms with E-state index in [1.807, 2.05) is 26.0 Å². The lowest BCUT2D eigenvalue weighted by atomic mass is 10.1. The van der Waals surface area contributed by atoms with Gasteiger partial charge in [-0.15, -0.1) is 0 Å². The molecule has 2 rings (SSSR count). The lowest BCUT2D eigenvalue weighted by Crippen LogP contribution is -2.46. The van der Waals surface area contributed by atoms with Crippen LogP contribution in [0.15, 0.2) is 42.5 Å². The number of hydrogen-bond acceptors (Lipinski definition) is 4. The quantitative estimate of drug-likeness (QED) is 0.570. The molecule has 1 atom stereocenters. The minimum atomic E-state index is -3.54. The van der Waals surface area contributed by atoms with Gasteiger partial charge < -0.3 is 10.2 Å². The normalized spacial score (nSPS) is 12.2. The standard InChI is InChI=1S/C24H32FN3O4S/c1-17-8-13-22(15-18(17)2)28(33(5,31)32)14-6-7-23(29)27(19(3)24(30)26-4)16-20-9-11-21(25)12-10-20/h8-13,15,19H,6-7,14,16H2,1-5H3,(H,26,30). The lowest BCUT2D eigenvalue weighted by molar-refractivity contribution is -0.140. The number of benzene rings is 2. The Labute approximate surface area is 195 Å². The number of aryl methyl sites for hydroxylation is 2. The molecule has 0 aliphatic carbocycles. The fourth-order valence-corrected chi connectivity index (χ4v) is 4.42. The zero-order valence-electron chi connectivity index (χ0n) is 19.8. The number of amides is 2. The van der Waals surface area contributed by atoms with Crippen LogP contribution in [0.3, 0.4) is 0 Å². The molecule has 0 aliphatic rings. The number of carbonyl (C=O) groups is 2. The maximum Gasteiger partial charge on any atom is 0.242 e. The van der Waals surface area contributed by atoms with Gasteiger partial charge in [0.2, 0.25) is 21.8 Å². The average molecular weight is 478 g/mol. The number of rotatable bonds is 10. The molecule has 2 aromatic carbocycles. The van der Waals surface area contributed by atoms with E-state index in [9.17, 15) is 22.4 Å². The Morgan fingerprint density at radius 1 is 1.06 bits per heavy atom. The second-order valence-corrected chi connectivity index (χ2v) is 10.1. The summed E-state index contributed by atoms with van der Waals surface area (Å²) in [6, 6.07) is 10.4. The zero-order valence-corrected chi connectivity index (χ0v) is 20.6. The van der Waals surface area contributed by atoms with Crippen LogP contribution in [0, 0.1) is 19.7 Å². The molecule has 7 nitrogen and oxygen atoms in total. The Hall–Kier alpha value is -2.94. The first-order chi connectivity index (χ1) is 15.4. The van der Waals surface area contributed by atoms with Gasteiger partial charge in [-0.2, -0.15) is 0 Å². The van der Waals surface area contributed by atoms with Crippen molar-refractivity contribution in [3.8, 4) is 0 Å². The molecular formula is C24H32FN3O4S. The molecule has 1 N–H and O–H groups in total. The van der Waals surface area contributed by atoms with Crippen LogP contribution in [0.25, 0.3) is 0 Å². The second kappa shape index (κ2) is 11.3. The number of likely N-dealkylation sites (N-methyl/N-ethyl adjacent to an activating group) is 1. The molecule has 0 saturated carbocycles. The molecular weight excluding hydrogens is 445 g/mol. The molecule has 0 radical (unpaired) electrons. The zero-order chi connectivity index (χ0) is 24.8. The fraction of sp³-hybridized carbons (Fsp3) is 0.417. The van der Waals surface area contributed by atoms with Crippen molar-refractivity contribution in [3.63, 3.8) is 0 Å². The maximum atomic E-state index is 13.3. The summed E-state index contributed by atoms with van der Waals surface area (Å²) in [5.74, 6) is -0.995. The summed E-state index contributed by atoms with van der Waals surface area (Å²) in [5, 5.41) is 2.54. The summed E-state index contributed by atoms with van der Waals surface area (Å²) in [6.07, 6.45) is 1.47. The summed E-state index contributed by atoms with van der Waals surface area (Å²) in [6.45, 7) is 5.76. The van der Waals surface area contributed by atoms with Crippen LogP contribution >= 0.6 is 0 Å². The SMILES string of the molecule is CNC(=O)C(C)N(Cc1ccc(F)cc1)C(=O)CCCN(c1ccc(C)c(C)c1)S(C)(=O)=O. The summed E-state index contributed by atoms with van der Waals surface area (Å²) >= 11 is 0. The lowest BCUT2D eigenvalue weighted by Gasteiger charge is -2.29. The van der Waals surface area contributed by atoms with Gasteiger partial charge in [0.1, 0.15) is 11.9 Å². The van der Waals surface area contributed by atoms with E-state index < -0.39 is 16.1 Å². The van der Waals surface area contributed by atoms with Crippen LogP contribution in [0.5, 0.6) is 0 Å². The van der Waals surface area contributed by atoms with E-state index in [2.05, 4.69) is 5.32 Å². The molecule has 0 bridgehead atoms. The molecule has 0 spiro atoms. The highest BCUT2D eigenvalue weighted by Gasteiger charge is 2.26. The largest absolute Gasteiger partial charge is 0.357 e. The maximum absolute atomic E-state index is 13.3. The van der Waals surface area contributed by atoms with E-state index in [0.29, 0.717) is 11.3 Å². The second-order valence-electron chi connectivity index (χ2n) is 8.15. The fourth-order valence-electron chi connectivity index (χ4n) is 3.46. The third-order valence-corrected chi connectivity index (χ3v) is 6.80. The van der Waals surface area contributed by atoms with Crippen molar-refractivity contribution in [3.05, 3.63) is 65.0 Å². The number of carbonyl (C=O) groups excluding carboxylic acids is 2. The van der Waals surface area contributed by atoms with Crippen molar-refractivity contribution in [1.29, 1.82) is 0 Å². The van der Waals surface area contributed by atoms with E-state index in [0.717, 1.165) is 17.4 Å². The first-order valence-electron chi connectivity index (χ1n) is 10.7. The highest BCUT2D eigenvalue weighted by molar-refractivity contribution is 7.92. The molecule has 180 valence electrons. The molecule has 0 aliphatic heterocycles. The highest BCUT2D eigenvalue weighted by atomic mass is 32.2. The third kappa shape index (κ3) is 7.28. The van der Waals surface area contributed by atoms with E-state index in [-0.39, 0.29) is 43.6 Å². The van der Waals surface area contributed by atoms with Crippen molar-refractivity contribution in [1.82, 2.24) is 10.2 Å². The van der Waals surface area contributed by atoms with Gasteiger partial charge in [-0.3, -0.25) is 13.9 Å². The minimum Gasteiger partial charge on any atom is -0.357 e. The summed E-state index contributed by atoms with van der Waals surface area (Å²) < 4.78 is 39.3. The van der Waals surface area contributed by atoms with Crippen molar-refractivity contribution in [2.24, 2.45) is 0 Å². The van der Waals surface area contributed by atoms with Gasteiger partial charge in [0.05, 0.1) is 11.9 Å². The van der Waals surface area contributed by atoms with Gasteiger partial charge in [0, 0.05) is 26.6 Å². The molecule has 1 unspecified atom stereocenters. The van der Waals surface area contributed by atoms with Crippen LogP contribution in [-0.4, -0.2) is 51.0 Å². The van der Waals surface area contributed by atoms with Crippen LogP contribution in [0.2, 0.25) is 0 Å². The van der Waals surface area contributed by atoms with Crippen LogP contribution in [0.1, 0.15) is 36.5 Å². The van der Waals surface area contributed by atoms with Crippen molar-refractivity contribution in [2.45, 2.75) is 46.2 Å². The predicted octanol–water partition coefficient (Wildman–Crippen LogP) is 3.15. The Morgan fingerprint density at radius 2 is 1.70 bits per heavy atom. The van der Waals surface area contributed by atoms with Crippen molar-refractivity contribution >= 4 is 27.5 Å². The molecule has 33 heavy (non-hydrogen) atoms. The molecule has 2 amide bonds.